The number of benzene rings is 1. The van der Waals surface area contributed by atoms with Crippen LogP contribution in [0.1, 0.15) is 18.8 Å². The van der Waals surface area contributed by atoms with Gasteiger partial charge < -0.3 is 15.0 Å². The lowest BCUT2D eigenvalue weighted by molar-refractivity contribution is -0.121. The average molecular weight is 347 g/mol. The minimum absolute atomic E-state index is 0.0114. The van der Waals surface area contributed by atoms with Crippen molar-refractivity contribution in [1.29, 1.82) is 0 Å². The van der Waals surface area contributed by atoms with Crippen molar-refractivity contribution >= 4 is 29.3 Å². The molecule has 1 aromatic carbocycles. The Bertz CT molecular complexity index is 791. The van der Waals surface area contributed by atoms with Crippen molar-refractivity contribution in [2.45, 2.75) is 18.1 Å². The number of fused-ring (bicyclic) bond motifs is 1. The average Bonchev–Trinajstić information content (AvgIpc) is 2.93. The number of rotatable bonds is 5. The van der Waals surface area contributed by atoms with Crippen molar-refractivity contribution in [3.8, 4) is 5.75 Å². The second-order valence-electron chi connectivity index (χ2n) is 5.35. The van der Waals surface area contributed by atoms with Gasteiger partial charge in [0.1, 0.15) is 5.75 Å². The zero-order valence-electron chi connectivity index (χ0n) is 13.3. The molecule has 24 heavy (non-hydrogen) atoms. The van der Waals surface area contributed by atoms with Crippen molar-refractivity contribution in [2.24, 2.45) is 12.8 Å². The fraction of sp³-hybridized carbons (Fsp3) is 0.333. The van der Waals surface area contributed by atoms with Gasteiger partial charge in [0.2, 0.25) is 5.91 Å². The Balaban J connectivity index is 1.91. The summed E-state index contributed by atoms with van der Waals surface area (Å²) in [5.41, 5.74) is 5.87. The SMILES string of the molecule is C[C@H](c1nnc(SCC(N)=O)n1C)N1C(=O)COc2ccccc21. The maximum atomic E-state index is 12.4. The Labute approximate surface area is 143 Å². The van der Waals surface area contributed by atoms with Gasteiger partial charge in [-0.1, -0.05) is 23.9 Å². The van der Waals surface area contributed by atoms with Gasteiger partial charge in [-0.2, -0.15) is 0 Å². The van der Waals surface area contributed by atoms with Gasteiger partial charge in [-0.15, -0.1) is 10.2 Å². The third-order valence-corrected chi connectivity index (χ3v) is 4.76. The predicted octanol–water partition coefficient (Wildman–Crippen LogP) is 0.879. The van der Waals surface area contributed by atoms with Crippen LogP contribution in [0.3, 0.4) is 0 Å². The number of aromatic nitrogens is 3. The van der Waals surface area contributed by atoms with E-state index in [-0.39, 0.29) is 24.3 Å². The summed E-state index contributed by atoms with van der Waals surface area (Å²) in [5, 5.41) is 8.84. The van der Waals surface area contributed by atoms with E-state index in [0.29, 0.717) is 22.4 Å². The number of hydrogen-bond donors (Lipinski definition) is 1. The molecular formula is C15H17N5O3S. The molecule has 2 aromatic rings. The van der Waals surface area contributed by atoms with Crippen molar-refractivity contribution < 1.29 is 14.3 Å². The molecule has 126 valence electrons. The van der Waals surface area contributed by atoms with Crippen molar-refractivity contribution in [3.63, 3.8) is 0 Å². The molecule has 0 bridgehead atoms. The minimum Gasteiger partial charge on any atom is -0.482 e. The molecular weight excluding hydrogens is 330 g/mol. The predicted molar refractivity (Wildman–Crippen MR) is 88.8 cm³/mol. The highest BCUT2D eigenvalue weighted by Gasteiger charge is 2.32. The van der Waals surface area contributed by atoms with E-state index in [1.54, 1.807) is 16.5 Å². The first-order chi connectivity index (χ1) is 11.5. The molecule has 0 saturated carbocycles. The molecule has 2 heterocycles. The summed E-state index contributed by atoms with van der Waals surface area (Å²) in [4.78, 5) is 25.0. The highest BCUT2D eigenvalue weighted by atomic mass is 32.2. The van der Waals surface area contributed by atoms with Gasteiger partial charge in [0.25, 0.3) is 5.91 Å². The van der Waals surface area contributed by atoms with E-state index in [1.807, 2.05) is 31.2 Å². The van der Waals surface area contributed by atoms with Crippen LogP contribution in [0.25, 0.3) is 0 Å². The van der Waals surface area contributed by atoms with Crippen LogP contribution >= 0.6 is 11.8 Å². The van der Waals surface area contributed by atoms with Crippen LogP contribution in [0.2, 0.25) is 0 Å². The number of amides is 2. The van der Waals surface area contributed by atoms with Gasteiger partial charge in [0, 0.05) is 7.05 Å². The third kappa shape index (κ3) is 2.94. The van der Waals surface area contributed by atoms with Crippen molar-refractivity contribution in [2.75, 3.05) is 17.3 Å². The maximum Gasteiger partial charge on any atom is 0.265 e. The van der Waals surface area contributed by atoms with Crippen LogP contribution < -0.4 is 15.4 Å². The summed E-state index contributed by atoms with van der Waals surface area (Å²) >= 11 is 1.21. The molecule has 3 rings (SSSR count). The summed E-state index contributed by atoms with van der Waals surface area (Å²) in [6.45, 7) is 1.87. The molecule has 1 aliphatic heterocycles. The van der Waals surface area contributed by atoms with Crippen molar-refractivity contribution in [1.82, 2.24) is 14.8 Å². The molecule has 0 saturated heterocycles. The minimum atomic E-state index is -0.421. The molecule has 0 unspecified atom stereocenters. The third-order valence-electron chi connectivity index (χ3n) is 3.72. The van der Waals surface area contributed by atoms with E-state index in [2.05, 4.69) is 10.2 Å². The van der Waals surface area contributed by atoms with E-state index in [1.165, 1.54) is 11.8 Å². The van der Waals surface area contributed by atoms with Gasteiger partial charge in [0.15, 0.2) is 17.6 Å². The summed E-state index contributed by atoms with van der Waals surface area (Å²) in [6, 6.07) is 7.04. The van der Waals surface area contributed by atoms with Gasteiger partial charge in [-0.25, -0.2) is 0 Å². The molecule has 0 radical (unpaired) electrons. The lowest BCUT2D eigenvalue weighted by Gasteiger charge is -2.33. The molecule has 0 spiro atoms. The number of para-hydroxylation sites is 2. The van der Waals surface area contributed by atoms with Crippen LogP contribution in [0.4, 0.5) is 5.69 Å². The lowest BCUT2D eigenvalue weighted by atomic mass is 10.1. The Morgan fingerprint density at radius 3 is 2.92 bits per heavy atom. The first kappa shape index (κ1) is 16.3. The molecule has 1 atom stereocenters. The molecule has 8 nitrogen and oxygen atoms in total. The van der Waals surface area contributed by atoms with Gasteiger partial charge in [-0.3, -0.25) is 14.5 Å². The summed E-state index contributed by atoms with van der Waals surface area (Å²) in [7, 11) is 1.80. The number of carbonyl (C=O) groups excluding carboxylic acids is 2. The number of nitrogens with two attached hydrogens (primary N) is 1. The number of hydrogen-bond acceptors (Lipinski definition) is 6. The Kier molecular flexibility index (Phi) is 4.43. The van der Waals surface area contributed by atoms with Crippen LogP contribution in [0, 0.1) is 0 Å². The van der Waals surface area contributed by atoms with E-state index in [9.17, 15) is 9.59 Å². The molecule has 2 N–H and O–H groups in total. The Morgan fingerprint density at radius 2 is 2.17 bits per heavy atom. The number of nitrogens with zero attached hydrogens (tertiary/aromatic N) is 4. The number of thioether (sulfide) groups is 1. The second kappa shape index (κ2) is 6.52. The summed E-state index contributed by atoms with van der Waals surface area (Å²) in [6.07, 6.45) is 0. The summed E-state index contributed by atoms with van der Waals surface area (Å²) in [5.74, 6) is 0.839. The molecule has 9 heteroatoms. The largest absolute Gasteiger partial charge is 0.482 e. The quantitative estimate of drug-likeness (QED) is 0.805. The molecule has 0 aliphatic carbocycles. The van der Waals surface area contributed by atoms with Gasteiger partial charge in [0.05, 0.1) is 17.5 Å². The van der Waals surface area contributed by atoms with Crippen LogP contribution in [-0.4, -0.2) is 38.9 Å². The van der Waals surface area contributed by atoms with E-state index >= 15 is 0 Å². The Hall–Kier alpha value is -2.55. The van der Waals surface area contributed by atoms with Gasteiger partial charge >= 0.3 is 0 Å². The van der Waals surface area contributed by atoms with E-state index < -0.39 is 5.91 Å². The van der Waals surface area contributed by atoms with Crippen molar-refractivity contribution in [3.05, 3.63) is 30.1 Å². The number of ether oxygens (including phenoxy) is 1. The maximum absolute atomic E-state index is 12.4. The second-order valence-corrected chi connectivity index (χ2v) is 6.29. The Morgan fingerprint density at radius 1 is 1.42 bits per heavy atom. The first-order valence-corrected chi connectivity index (χ1v) is 8.32. The topological polar surface area (TPSA) is 103 Å². The number of carbonyl (C=O) groups is 2. The lowest BCUT2D eigenvalue weighted by Crippen LogP contribution is -2.41. The molecule has 2 amide bonds. The molecule has 1 aliphatic rings. The zero-order valence-corrected chi connectivity index (χ0v) is 14.1. The van der Waals surface area contributed by atoms with Crippen LogP contribution in [0.15, 0.2) is 29.4 Å². The fourth-order valence-electron chi connectivity index (χ4n) is 2.61. The van der Waals surface area contributed by atoms with E-state index in [4.69, 9.17) is 10.5 Å². The number of primary amides is 1. The highest BCUT2D eigenvalue weighted by Crippen LogP contribution is 2.37. The fourth-order valence-corrected chi connectivity index (χ4v) is 3.27. The molecule has 1 aromatic heterocycles. The smallest absolute Gasteiger partial charge is 0.265 e. The summed E-state index contributed by atoms with van der Waals surface area (Å²) < 4.78 is 7.23. The normalized spacial score (nSPS) is 14.9. The molecule has 0 fully saturated rings. The van der Waals surface area contributed by atoms with Crippen LogP contribution in [0.5, 0.6) is 5.75 Å². The zero-order chi connectivity index (χ0) is 17.3. The first-order valence-electron chi connectivity index (χ1n) is 7.33. The standard InChI is InChI=1S/C15H17N5O3S/c1-9(14-17-18-15(19(14)2)24-8-12(16)21)20-10-5-3-4-6-11(10)23-7-13(20)22/h3-6,9H,7-8H2,1-2H3,(H2,16,21)/t9-/m1/s1. The van der Waals surface area contributed by atoms with E-state index in [0.717, 1.165) is 0 Å². The van der Waals surface area contributed by atoms with Gasteiger partial charge in [-0.05, 0) is 19.1 Å². The highest BCUT2D eigenvalue weighted by molar-refractivity contribution is 7.99. The monoisotopic (exact) mass is 347 g/mol. The number of anilines is 1. The van der Waals surface area contributed by atoms with Crippen LogP contribution in [-0.2, 0) is 16.6 Å².